The molecule has 1 amide bonds. The summed E-state index contributed by atoms with van der Waals surface area (Å²) < 4.78 is 55.7. The topological polar surface area (TPSA) is 118 Å². The van der Waals surface area contributed by atoms with Gasteiger partial charge >= 0.3 is 6.18 Å². The third-order valence-corrected chi connectivity index (χ3v) is 6.01. The fraction of sp³-hybridized carbons (Fsp3) is 0.429. The average molecular weight is 506 g/mol. The molecule has 0 saturated carbocycles. The normalized spacial score (nSPS) is 18.7. The summed E-state index contributed by atoms with van der Waals surface area (Å²) in [5.74, 6) is 0.428. The van der Waals surface area contributed by atoms with E-state index in [0.29, 0.717) is 40.2 Å². The van der Waals surface area contributed by atoms with Crippen molar-refractivity contribution in [2.24, 2.45) is 0 Å². The quantitative estimate of drug-likeness (QED) is 0.397. The number of nitrogens with zero attached hydrogens (tertiary/aromatic N) is 8. The SMILES string of the molecule is CNc1nc(N[C@H]2CCN(C(C)=O)C[C@H]2F)nn2ccc(-c3ccc4nnn(CC(F)(F)F)c4n3)c12. The standard InChI is InChI=1S/C21H22F4N10O/c1-11(36)33-7-6-15(13(22)9-33)28-20-29-18(26-2)17-12(5-8-34(17)31-20)14-3-4-16-19(27-14)35(32-30-16)10-21(23,24)25/h3-5,8,13,15H,6-7,9-10H2,1-2H3,(H2,26,28,29,31)/t13-,15+/m1/s1. The van der Waals surface area contributed by atoms with Gasteiger partial charge in [-0.2, -0.15) is 18.2 Å². The van der Waals surface area contributed by atoms with Gasteiger partial charge < -0.3 is 15.5 Å². The molecule has 190 valence electrons. The molecule has 0 spiro atoms. The lowest BCUT2D eigenvalue weighted by Crippen LogP contribution is -2.49. The number of rotatable bonds is 5. The van der Waals surface area contributed by atoms with Crippen LogP contribution in [0.5, 0.6) is 0 Å². The second-order valence-electron chi connectivity index (χ2n) is 8.48. The number of carbonyl (C=O) groups is 1. The molecule has 36 heavy (non-hydrogen) atoms. The van der Waals surface area contributed by atoms with Gasteiger partial charge in [0.2, 0.25) is 11.9 Å². The van der Waals surface area contributed by atoms with Crippen molar-refractivity contribution < 1.29 is 22.4 Å². The number of anilines is 2. The zero-order valence-corrected chi connectivity index (χ0v) is 19.3. The van der Waals surface area contributed by atoms with Crippen LogP contribution in [0, 0.1) is 0 Å². The molecule has 4 aromatic heterocycles. The molecule has 2 N–H and O–H groups in total. The summed E-state index contributed by atoms with van der Waals surface area (Å²) in [6, 6.07) is 4.32. The summed E-state index contributed by atoms with van der Waals surface area (Å²) >= 11 is 0. The second kappa shape index (κ2) is 8.87. The molecule has 4 aromatic rings. The van der Waals surface area contributed by atoms with Gasteiger partial charge in [-0.3, -0.25) is 4.79 Å². The zero-order valence-electron chi connectivity index (χ0n) is 19.3. The minimum absolute atomic E-state index is 0.000258. The van der Waals surface area contributed by atoms with Crippen molar-refractivity contribution in [2.75, 3.05) is 30.8 Å². The molecule has 5 rings (SSSR count). The average Bonchev–Trinajstić information content (AvgIpc) is 3.42. The van der Waals surface area contributed by atoms with Crippen molar-refractivity contribution in [1.82, 2.24) is 39.5 Å². The Bertz CT molecular complexity index is 1430. The predicted octanol–water partition coefficient (Wildman–Crippen LogP) is 2.51. The van der Waals surface area contributed by atoms with E-state index in [1.54, 1.807) is 31.4 Å². The van der Waals surface area contributed by atoms with Crippen molar-refractivity contribution in [2.45, 2.75) is 38.3 Å². The summed E-state index contributed by atoms with van der Waals surface area (Å²) in [7, 11) is 1.66. The van der Waals surface area contributed by atoms with E-state index in [0.717, 1.165) is 0 Å². The van der Waals surface area contributed by atoms with Gasteiger partial charge in [0.25, 0.3) is 0 Å². The lowest BCUT2D eigenvalue weighted by atomic mass is 10.0. The Morgan fingerprint density at radius 2 is 2.03 bits per heavy atom. The highest BCUT2D eigenvalue weighted by Crippen LogP contribution is 2.31. The predicted molar refractivity (Wildman–Crippen MR) is 122 cm³/mol. The van der Waals surface area contributed by atoms with Gasteiger partial charge in [0.15, 0.2) is 11.5 Å². The Hall–Kier alpha value is -4.04. The van der Waals surface area contributed by atoms with E-state index in [-0.39, 0.29) is 29.6 Å². The number of likely N-dealkylation sites (tertiary alicyclic amines) is 1. The number of nitrogens with one attached hydrogen (secondary N) is 2. The van der Waals surface area contributed by atoms with Gasteiger partial charge in [-0.25, -0.2) is 18.6 Å². The molecule has 0 aromatic carbocycles. The van der Waals surface area contributed by atoms with Crippen molar-refractivity contribution in [1.29, 1.82) is 0 Å². The van der Waals surface area contributed by atoms with E-state index < -0.39 is 24.9 Å². The first-order valence-corrected chi connectivity index (χ1v) is 11.1. The minimum Gasteiger partial charge on any atom is -0.371 e. The second-order valence-corrected chi connectivity index (χ2v) is 8.48. The molecule has 0 bridgehead atoms. The Morgan fingerprint density at radius 1 is 1.22 bits per heavy atom. The van der Waals surface area contributed by atoms with E-state index in [1.807, 2.05) is 0 Å². The van der Waals surface area contributed by atoms with Gasteiger partial charge in [0.1, 0.15) is 23.7 Å². The number of amides is 1. The molecule has 0 radical (unpaired) electrons. The summed E-state index contributed by atoms with van der Waals surface area (Å²) in [6.07, 6.45) is -3.71. The van der Waals surface area contributed by atoms with Crippen LogP contribution in [0.4, 0.5) is 29.3 Å². The van der Waals surface area contributed by atoms with Crippen LogP contribution >= 0.6 is 0 Å². The number of fused-ring (bicyclic) bond motifs is 2. The Morgan fingerprint density at radius 3 is 2.72 bits per heavy atom. The number of pyridine rings is 1. The maximum atomic E-state index is 14.7. The zero-order chi connectivity index (χ0) is 25.6. The highest BCUT2D eigenvalue weighted by atomic mass is 19.4. The fourth-order valence-corrected chi connectivity index (χ4v) is 4.27. The molecular weight excluding hydrogens is 484 g/mol. The number of hydrogen-bond acceptors (Lipinski definition) is 8. The molecule has 0 aliphatic carbocycles. The highest BCUT2D eigenvalue weighted by Gasteiger charge is 2.32. The van der Waals surface area contributed by atoms with Crippen molar-refractivity contribution in [3.63, 3.8) is 0 Å². The van der Waals surface area contributed by atoms with Crippen molar-refractivity contribution in [3.8, 4) is 11.3 Å². The van der Waals surface area contributed by atoms with Crippen molar-refractivity contribution >= 4 is 34.4 Å². The lowest BCUT2D eigenvalue weighted by Gasteiger charge is -2.34. The largest absolute Gasteiger partial charge is 0.408 e. The monoisotopic (exact) mass is 506 g/mol. The molecule has 1 fully saturated rings. The molecule has 1 aliphatic heterocycles. The van der Waals surface area contributed by atoms with Crippen LogP contribution in [0.25, 0.3) is 27.9 Å². The van der Waals surface area contributed by atoms with E-state index in [9.17, 15) is 22.4 Å². The van der Waals surface area contributed by atoms with Gasteiger partial charge in [-0.1, -0.05) is 5.21 Å². The third kappa shape index (κ3) is 4.47. The fourth-order valence-electron chi connectivity index (χ4n) is 4.27. The van der Waals surface area contributed by atoms with Gasteiger partial charge in [-0.15, -0.1) is 10.2 Å². The van der Waals surface area contributed by atoms with Gasteiger partial charge in [0, 0.05) is 32.3 Å². The summed E-state index contributed by atoms with van der Waals surface area (Å²) in [4.78, 5) is 21.8. The number of carbonyl (C=O) groups excluding carboxylic acids is 1. The van der Waals surface area contributed by atoms with Crippen LogP contribution in [-0.2, 0) is 11.3 Å². The molecular formula is C21H22F4N10O. The number of aromatic nitrogens is 7. The molecule has 1 aliphatic rings. The number of halogens is 4. The van der Waals surface area contributed by atoms with E-state index >= 15 is 0 Å². The Labute approximate surface area is 201 Å². The molecule has 11 nitrogen and oxygen atoms in total. The first kappa shape index (κ1) is 23.7. The van der Waals surface area contributed by atoms with Gasteiger partial charge in [-0.05, 0) is 24.6 Å². The van der Waals surface area contributed by atoms with Crippen LogP contribution < -0.4 is 10.6 Å². The molecule has 0 unspecified atom stereocenters. The highest BCUT2D eigenvalue weighted by molar-refractivity contribution is 5.89. The lowest BCUT2D eigenvalue weighted by molar-refractivity contribution is -0.142. The summed E-state index contributed by atoms with van der Waals surface area (Å²) in [5, 5.41) is 17.8. The van der Waals surface area contributed by atoms with E-state index in [4.69, 9.17) is 0 Å². The molecule has 2 atom stereocenters. The minimum atomic E-state index is -4.47. The Kier molecular flexibility index (Phi) is 5.84. The first-order chi connectivity index (χ1) is 17.1. The maximum absolute atomic E-state index is 14.7. The van der Waals surface area contributed by atoms with Crippen molar-refractivity contribution in [3.05, 3.63) is 24.4 Å². The van der Waals surface area contributed by atoms with E-state index in [2.05, 4.69) is 36.0 Å². The maximum Gasteiger partial charge on any atom is 0.408 e. The summed E-state index contributed by atoms with van der Waals surface area (Å²) in [5.41, 5.74) is 1.73. The number of alkyl halides is 4. The van der Waals surface area contributed by atoms with E-state index in [1.165, 1.54) is 16.3 Å². The van der Waals surface area contributed by atoms with Crippen LogP contribution in [-0.4, -0.2) is 83.9 Å². The van der Waals surface area contributed by atoms with Crippen LogP contribution in [0.15, 0.2) is 24.4 Å². The van der Waals surface area contributed by atoms with Gasteiger partial charge in [0.05, 0.1) is 18.3 Å². The Balaban J connectivity index is 1.47. The molecule has 5 heterocycles. The molecule has 15 heteroatoms. The van der Waals surface area contributed by atoms with Crippen LogP contribution in [0.3, 0.4) is 0 Å². The first-order valence-electron chi connectivity index (χ1n) is 11.1. The number of hydrogen-bond donors (Lipinski definition) is 2. The third-order valence-electron chi connectivity index (χ3n) is 6.01. The molecule has 1 saturated heterocycles. The smallest absolute Gasteiger partial charge is 0.371 e. The van der Waals surface area contributed by atoms with Crippen LogP contribution in [0.2, 0.25) is 0 Å². The number of piperidine rings is 1. The summed E-state index contributed by atoms with van der Waals surface area (Å²) in [6.45, 7) is 0.525. The van der Waals surface area contributed by atoms with Crippen LogP contribution in [0.1, 0.15) is 13.3 Å².